The summed E-state index contributed by atoms with van der Waals surface area (Å²) in [4.78, 5) is 2.48. The van der Waals surface area contributed by atoms with Crippen molar-refractivity contribution in [3.05, 3.63) is 12.3 Å². The van der Waals surface area contributed by atoms with E-state index in [1.807, 2.05) is 28.7 Å². The summed E-state index contributed by atoms with van der Waals surface area (Å²) in [5.74, 6) is 3.14. The number of hydrogen-bond donors (Lipinski definition) is 1. The van der Waals surface area contributed by atoms with E-state index in [2.05, 4.69) is 10.00 Å². The summed E-state index contributed by atoms with van der Waals surface area (Å²) >= 11 is 2.04. The molecule has 0 aliphatic carbocycles. The Balaban J connectivity index is 1.76. The molecule has 2 rings (SSSR count). The van der Waals surface area contributed by atoms with E-state index in [1.165, 1.54) is 24.6 Å². The van der Waals surface area contributed by atoms with Gasteiger partial charge in [0, 0.05) is 37.3 Å². The van der Waals surface area contributed by atoms with Crippen LogP contribution in [0.15, 0.2) is 12.3 Å². The predicted molar refractivity (Wildman–Crippen MR) is 60.4 cm³/mol. The highest BCUT2D eigenvalue weighted by Gasteiger charge is 2.09. The third kappa shape index (κ3) is 2.65. The summed E-state index contributed by atoms with van der Waals surface area (Å²) in [5.41, 5.74) is 5.54. The number of anilines is 1. The van der Waals surface area contributed by atoms with Crippen LogP contribution in [-0.2, 0) is 6.54 Å². The molecule has 1 aromatic rings. The molecule has 1 fully saturated rings. The van der Waals surface area contributed by atoms with Gasteiger partial charge in [-0.1, -0.05) is 0 Å². The van der Waals surface area contributed by atoms with Crippen LogP contribution in [0.2, 0.25) is 0 Å². The van der Waals surface area contributed by atoms with Crippen LogP contribution < -0.4 is 5.73 Å². The van der Waals surface area contributed by atoms with E-state index in [0.717, 1.165) is 13.1 Å². The maximum Gasteiger partial charge on any atom is 0.145 e. The van der Waals surface area contributed by atoms with Gasteiger partial charge in [0.05, 0.1) is 6.54 Å². The maximum absolute atomic E-state index is 5.54. The molecule has 1 aromatic heterocycles. The monoisotopic (exact) mass is 212 g/mol. The molecule has 0 bridgehead atoms. The van der Waals surface area contributed by atoms with E-state index in [1.54, 1.807) is 0 Å². The van der Waals surface area contributed by atoms with Gasteiger partial charge in [0.1, 0.15) is 5.82 Å². The molecule has 0 saturated carbocycles. The highest BCUT2D eigenvalue weighted by molar-refractivity contribution is 7.99. The molecule has 0 radical (unpaired) electrons. The number of hydrogen-bond acceptors (Lipinski definition) is 4. The zero-order valence-electron chi connectivity index (χ0n) is 8.22. The second-order valence-corrected chi connectivity index (χ2v) is 4.68. The molecule has 5 heteroatoms. The highest BCUT2D eigenvalue weighted by atomic mass is 32.2. The van der Waals surface area contributed by atoms with Crippen LogP contribution in [0.4, 0.5) is 5.82 Å². The van der Waals surface area contributed by atoms with E-state index in [4.69, 9.17) is 5.73 Å². The molecule has 0 atom stereocenters. The summed E-state index contributed by atoms with van der Waals surface area (Å²) in [7, 11) is 0. The molecule has 1 saturated heterocycles. The predicted octanol–water partition coefficient (Wildman–Crippen LogP) is 0.514. The van der Waals surface area contributed by atoms with Crippen molar-refractivity contribution in [2.45, 2.75) is 6.54 Å². The molecular weight excluding hydrogens is 196 g/mol. The van der Waals surface area contributed by atoms with E-state index in [-0.39, 0.29) is 0 Å². The molecule has 14 heavy (non-hydrogen) atoms. The Labute approximate surface area is 88.4 Å². The molecule has 0 unspecified atom stereocenters. The lowest BCUT2D eigenvalue weighted by atomic mass is 10.4. The number of nitrogen functional groups attached to an aromatic ring is 1. The smallest absolute Gasteiger partial charge is 0.145 e. The minimum absolute atomic E-state index is 0.610. The Morgan fingerprint density at radius 3 is 2.79 bits per heavy atom. The summed E-state index contributed by atoms with van der Waals surface area (Å²) in [6.07, 6.45) is 1.94. The third-order valence-corrected chi connectivity index (χ3v) is 3.35. The van der Waals surface area contributed by atoms with E-state index in [9.17, 15) is 0 Å². The van der Waals surface area contributed by atoms with Gasteiger partial charge in [0.25, 0.3) is 0 Å². The zero-order chi connectivity index (χ0) is 9.80. The molecule has 4 nitrogen and oxygen atoms in total. The quantitative estimate of drug-likeness (QED) is 0.793. The summed E-state index contributed by atoms with van der Waals surface area (Å²) in [6.45, 7) is 4.45. The van der Waals surface area contributed by atoms with Gasteiger partial charge in [-0.25, -0.2) is 0 Å². The highest BCUT2D eigenvalue weighted by Crippen LogP contribution is 2.08. The van der Waals surface area contributed by atoms with Gasteiger partial charge in [-0.15, -0.1) is 0 Å². The third-order valence-electron chi connectivity index (χ3n) is 2.41. The van der Waals surface area contributed by atoms with E-state index >= 15 is 0 Å². The van der Waals surface area contributed by atoms with Crippen LogP contribution in [0.3, 0.4) is 0 Å². The van der Waals surface area contributed by atoms with Crippen molar-refractivity contribution in [3.63, 3.8) is 0 Å². The van der Waals surface area contributed by atoms with E-state index in [0.29, 0.717) is 5.82 Å². The second-order valence-electron chi connectivity index (χ2n) is 3.46. The Bertz CT molecular complexity index is 280. The van der Waals surface area contributed by atoms with Gasteiger partial charge in [-0.3, -0.25) is 9.58 Å². The molecule has 2 heterocycles. The number of thioether (sulfide) groups is 1. The minimum atomic E-state index is 0.610. The van der Waals surface area contributed by atoms with Gasteiger partial charge >= 0.3 is 0 Å². The topological polar surface area (TPSA) is 47.1 Å². The lowest BCUT2D eigenvalue weighted by Crippen LogP contribution is -2.35. The van der Waals surface area contributed by atoms with Crippen LogP contribution in [0.25, 0.3) is 0 Å². The zero-order valence-corrected chi connectivity index (χ0v) is 9.04. The van der Waals surface area contributed by atoms with Crippen molar-refractivity contribution in [1.29, 1.82) is 0 Å². The largest absolute Gasteiger partial charge is 0.382 e. The SMILES string of the molecule is Nc1ccn(CCN2CCSCC2)n1. The van der Waals surface area contributed by atoms with Crippen LogP contribution >= 0.6 is 11.8 Å². The minimum Gasteiger partial charge on any atom is -0.382 e. The molecule has 0 aromatic carbocycles. The molecule has 2 N–H and O–H groups in total. The first-order valence-electron chi connectivity index (χ1n) is 4.93. The van der Waals surface area contributed by atoms with Gasteiger partial charge in [-0.05, 0) is 6.07 Å². The molecule has 78 valence electrons. The first-order chi connectivity index (χ1) is 6.84. The Morgan fingerprint density at radius 2 is 2.14 bits per heavy atom. The Kier molecular flexibility index (Phi) is 3.31. The van der Waals surface area contributed by atoms with Crippen molar-refractivity contribution in [1.82, 2.24) is 14.7 Å². The summed E-state index contributed by atoms with van der Waals surface area (Å²) in [5, 5.41) is 4.16. The number of aromatic nitrogens is 2. The Morgan fingerprint density at radius 1 is 1.36 bits per heavy atom. The maximum atomic E-state index is 5.54. The lowest BCUT2D eigenvalue weighted by molar-refractivity contribution is 0.284. The van der Waals surface area contributed by atoms with Gasteiger partial charge in [0.2, 0.25) is 0 Å². The molecule has 0 amide bonds. The standard InChI is InChI=1S/C9H16N4S/c10-9-1-2-13(11-9)4-3-12-5-7-14-8-6-12/h1-2H,3-8H2,(H2,10,11). The fourth-order valence-electron chi connectivity index (χ4n) is 1.57. The first-order valence-corrected chi connectivity index (χ1v) is 6.09. The summed E-state index contributed by atoms with van der Waals surface area (Å²) < 4.78 is 1.91. The van der Waals surface area contributed by atoms with Crippen LogP contribution in [0.5, 0.6) is 0 Å². The van der Waals surface area contributed by atoms with Crippen molar-refractivity contribution >= 4 is 17.6 Å². The van der Waals surface area contributed by atoms with Crippen molar-refractivity contribution < 1.29 is 0 Å². The summed E-state index contributed by atoms with van der Waals surface area (Å²) in [6, 6.07) is 1.84. The fourth-order valence-corrected chi connectivity index (χ4v) is 2.55. The van der Waals surface area contributed by atoms with Gasteiger partial charge in [-0.2, -0.15) is 16.9 Å². The first kappa shape index (κ1) is 9.86. The number of nitrogens with two attached hydrogens (primary N) is 1. The van der Waals surface area contributed by atoms with Crippen LogP contribution in [0, 0.1) is 0 Å². The van der Waals surface area contributed by atoms with E-state index < -0.39 is 0 Å². The van der Waals surface area contributed by atoms with Crippen molar-refractivity contribution in [2.24, 2.45) is 0 Å². The van der Waals surface area contributed by atoms with Crippen LogP contribution in [-0.4, -0.2) is 45.8 Å². The van der Waals surface area contributed by atoms with Crippen molar-refractivity contribution in [3.8, 4) is 0 Å². The normalized spacial score (nSPS) is 18.6. The van der Waals surface area contributed by atoms with Gasteiger partial charge < -0.3 is 5.73 Å². The molecule has 0 spiro atoms. The van der Waals surface area contributed by atoms with Crippen LogP contribution in [0.1, 0.15) is 0 Å². The van der Waals surface area contributed by atoms with Crippen molar-refractivity contribution in [2.75, 3.05) is 36.9 Å². The molecule has 1 aliphatic rings. The average Bonchev–Trinajstić information content (AvgIpc) is 2.63. The number of nitrogens with zero attached hydrogens (tertiary/aromatic N) is 3. The second kappa shape index (κ2) is 4.70. The fraction of sp³-hybridized carbons (Fsp3) is 0.667. The number of rotatable bonds is 3. The molecular formula is C9H16N4S. The average molecular weight is 212 g/mol. The van der Waals surface area contributed by atoms with Gasteiger partial charge in [0.15, 0.2) is 0 Å². The molecule has 1 aliphatic heterocycles. The lowest BCUT2D eigenvalue weighted by Gasteiger charge is -2.25. The Hall–Kier alpha value is -0.680.